The van der Waals surface area contributed by atoms with Gasteiger partial charge >= 0.3 is 17.9 Å². The zero-order chi connectivity index (χ0) is 56.4. The lowest BCUT2D eigenvalue weighted by atomic mass is 10.0. The van der Waals surface area contributed by atoms with Gasteiger partial charge in [0.1, 0.15) is 13.2 Å². The van der Waals surface area contributed by atoms with E-state index in [1.165, 1.54) is 315 Å². The van der Waals surface area contributed by atoms with Crippen molar-refractivity contribution in [3.05, 3.63) is 12.2 Å². The van der Waals surface area contributed by atoms with Crippen LogP contribution in [0.4, 0.5) is 0 Å². The zero-order valence-corrected chi connectivity index (χ0v) is 53.2. The molecule has 78 heavy (non-hydrogen) atoms. The van der Waals surface area contributed by atoms with Crippen LogP contribution >= 0.6 is 0 Å². The number of hydrogen-bond donors (Lipinski definition) is 0. The Morgan fingerprint density at radius 1 is 0.244 bits per heavy atom. The Morgan fingerprint density at radius 2 is 0.423 bits per heavy atom. The van der Waals surface area contributed by atoms with E-state index in [-0.39, 0.29) is 31.1 Å². The molecule has 0 aromatic rings. The minimum atomic E-state index is -0.763. The maximum atomic E-state index is 12.9. The van der Waals surface area contributed by atoms with Gasteiger partial charge in [-0.25, -0.2) is 0 Å². The number of carbonyl (C=O) groups is 3. The van der Waals surface area contributed by atoms with Crippen molar-refractivity contribution in [3.63, 3.8) is 0 Å². The van der Waals surface area contributed by atoms with Crippen LogP contribution in [0.3, 0.4) is 0 Å². The molecule has 1 atom stereocenters. The van der Waals surface area contributed by atoms with Gasteiger partial charge in [-0.15, -0.1) is 0 Å². The third kappa shape index (κ3) is 65.0. The molecule has 0 aromatic heterocycles. The third-order valence-electron chi connectivity index (χ3n) is 16.5. The molecule has 6 heteroatoms. The number of hydrogen-bond acceptors (Lipinski definition) is 6. The number of ether oxygens (including phenoxy) is 3. The fourth-order valence-electron chi connectivity index (χ4n) is 11.2. The van der Waals surface area contributed by atoms with E-state index in [1.807, 2.05) is 0 Å². The summed E-state index contributed by atoms with van der Waals surface area (Å²) < 4.78 is 16.9. The predicted molar refractivity (Wildman–Crippen MR) is 340 cm³/mol. The molecular formula is C72H138O6. The molecule has 0 saturated carbocycles. The van der Waals surface area contributed by atoms with Crippen LogP contribution in [-0.2, 0) is 28.6 Å². The maximum absolute atomic E-state index is 12.9. The standard InChI is InChI=1S/C72H138O6/c1-4-7-10-13-16-18-20-22-24-26-28-30-32-34-36-38-40-42-44-46-48-50-52-54-56-59-62-65-71(74)77-68-69(67-76-70(73)64-61-58-15-12-9-6-3)78-72(75)66-63-60-57-55-53-51-49-47-45-43-41-39-37-35-33-31-29-27-25-23-21-19-17-14-11-8-5-2/h26,28,69H,4-25,27,29-68H2,1-3H3/b28-26-. The Labute approximate surface area is 488 Å². The Bertz CT molecular complexity index is 1210. The summed E-state index contributed by atoms with van der Waals surface area (Å²) in [5, 5.41) is 0. The minimum absolute atomic E-state index is 0.0638. The lowest BCUT2D eigenvalue weighted by Gasteiger charge is -2.18. The third-order valence-corrected chi connectivity index (χ3v) is 16.5. The molecule has 0 heterocycles. The number of allylic oxidation sites excluding steroid dienone is 2. The van der Waals surface area contributed by atoms with Crippen molar-refractivity contribution in [2.75, 3.05) is 13.2 Å². The molecule has 0 aliphatic carbocycles. The molecule has 0 spiro atoms. The van der Waals surface area contributed by atoms with Crippen LogP contribution < -0.4 is 0 Å². The van der Waals surface area contributed by atoms with E-state index in [1.54, 1.807) is 0 Å². The van der Waals surface area contributed by atoms with Gasteiger partial charge in [0.25, 0.3) is 0 Å². The molecule has 1 unspecified atom stereocenters. The Kier molecular flexibility index (Phi) is 66.0. The highest BCUT2D eigenvalue weighted by Crippen LogP contribution is 2.19. The van der Waals surface area contributed by atoms with Gasteiger partial charge in [-0.05, 0) is 44.9 Å². The van der Waals surface area contributed by atoms with Crippen molar-refractivity contribution in [1.82, 2.24) is 0 Å². The van der Waals surface area contributed by atoms with E-state index in [0.29, 0.717) is 19.3 Å². The van der Waals surface area contributed by atoms with Crippen LogP contribution in [-0.4, -0.2) is 37.2 Å². The Morgan fingerprint density at radius 3 is 0.641 bits per heavy atom. The summed E-state index contributed by atoms with van der Waals surface area (Å²) in [5.41, 5.74) is 0. The van der Waals surface area contributed by atoms with Crippen molar-refractivity contribution < 1.29 is 28.6 Å². The first-order valence-corrected chi connectivity index (χ1v) is 35.7. The lowest BCUT2D eigenvalue weighted by molar-refractivity contribution is -0.167. The maximum Gasteiger partial charge on any atom is 0.306 e. The number of esters is 3. The van der Waals surface area contributed by atoms with Crippen molar-refractivity contribution in [2.24, 2.45) is 0 Å². The molecular weight excluding hydrogens is 961 g/mol. The van der Waals surface area contributed by atoms with Gasteiger partial charge in [0.05, 0.1) is 0 Å². The molecule has 0 aromatic carbocycles. The highest BCUT2D eigenvalue weighted by Gasteiger charge is 2.19. The van der Waals surface area contributed by atoms with Gasteiger partial charge in [0, 0.05) is 19.3 Å². The van der Waals surface area contributed by atoms with Crippen LogP contribution in [0, 0.1) is 0 Å². The summed E-state index contributed by atoms with van der Waals surface area (Å²) >= 11 is 0. The van der Waals surface area contributed by atoms with Crippen LogP contribution in [0.15, 0.2) is 12.2 Å². The van der Waals surface area contributed by atoms with E-state index in [4.69, 9.17) is 14.2 Å². The largest absolute Gasteiger partial charge is 0.462 e. The van der Waals surface area contributed by atoms with Gasteiger partial charge in [-0.1, -0.05) is 360 Å². The number of unbranched alkanes of at least 4 members (excludes halogenated alkanes) is 54. The van der Waals surface area contributed by atoms with Crippen LogP contribution in [0.5, 0.6) is 0 Å². The molecule has 0 aliphatic rings. The van der Waals surface area contributed by atoms with Gasteiger partial charge in [-0.2, -0.15) is 0 Å². The summed E-state index contributed by atoms with van der Waals surface area (Å²) in [7, 11) is 0. The highest BCUT2D eigenvalue weighted by atomic mass is 16.6. The monoisotopic (exact) mass is 1100 g/mol. The van der Waals surface area contributed by atoms with Crippen molar-refractivity contribution in [3.8, 4) is 0 Å². The fourth-order valence-corrected chi connectivity index (χ4v) is 11.2. The number of rotatable bonds is 67. The highest BCUT2D eigenvalue weighted by molar-refractivity contribution is 5.71. The molecule has 462 valence electrons. The SMILES string of the molecule is CCCCCCCCCC/C=C\CCCCCCCCCCCCCCCCCC(=O)OCC(COC(=O)CCCCCCCC)OC(=O)CCCCCCCCCCCCCCCCCCCCCCCCCCCCC. The van der Waals surface area contributed by atoms with Gasteiger partial charge in [0.2, 0.25) is 0 Å². The first-order valence-electron chi connectivity index (χ1n) is 35.7. The molecule has 0 N–H and O–H groups in total. The van der Waals surface area contributed by atoms with Crippen LogP contribution in [0.2, 0.25) is 0 Å². The average Bonchev–Trinajstić information content (AvgIpc) is 3.44. The Hall–Kier alpha value is -1.85. The average molecular weight is 1100 g/mol. The Balaban J connectivity index is 3.95. The summed E-state index contributed by atoms with van der Waals surface area (Å²) in [6.45, 7) is 6.66. The first kappa shape index (κ1) is 76.1. The summed E-state index contributed by atoms with van der Waals surface area (Å²) in [4.78, 5) is 38.1. The molecule has 0 aliphatic heterocycles. The molecule has 0 radical (unpaired) electrons. The molecule has 0 amide bonds. The molecule has 6 nitrogen and oxygen atoms in total. The molecule has 0 saturated heterocycles. The van der Waals surface area contributed by atoms with E-state index in [2.05, 4.69) is 32.9 Å². The second-order valence-corrected chi connectivity index (χ2v) is 24.5. The fraction of sp³-hybridized carbons (Fsp3) is 0.931. The van der Waals surface area contributed by atoms with Gasteiger partial charge in [-0.3, -0.25) is 14.4 Å². The van der Waals surface area contributed by atoms with Crippen LogP contribution in [0.25, 0.3) is 0 Å². The second-order valence-electron chi connectivity index (χ2n) is 24.5. The second kappa shape index (κ2) is 67.7. The summed E-state index contributed by atoms with van der Waals surface area (Å²) in [5.74, 6) is -0.842. The smallest absolute Gasteiger partial charge is 0.306 e. The normalized spacial score (nSPS) is 12.0. The molecule has 0 rings (SSSR count). The van der Waals surface area contributed by atoms with E-state index in [0.717, 1.165) is 57.8 Å². The van der Waals surface area contributed by atoms with Crippen LogP contribution in [0.1, 0.15) is 412 Å². The molecule has 0 bridgehead atoms. The predicted octanol–water partition coefficient (Wildman–Crippen LogP) is 24.4. The summed E-state index contributed by atoms with van der Waals surface area (Å²) in [6.07, 6.45) is 81.5. The van der Waals surface area contributed by atoms with E-state index >= 15 is 0 Å². The van der Waals surface area contributed by atoms with E-state index in [9.17, 15) is 14.4 Å². The summed E-state index contributed by atoms with van der Waals surface area (Å²) in [6, 6.07) is 0. The molecule has 0 fully saturated rings. The van der Waals surface area contributed by atoms with Gasteiger partial charge in [0.15, 0.2) is 6.10 Å². The zero-order valence-electron chi connectivity index (χ0n) is 53.2. The van der Waals surface area contributed by atoms with Crippen molar-refractivity contribution in [2.45, 2.75) is 419 Å². The van der Waals surface area contributed by atoms with Crippen molar-refractivity contribution >= 4 is 17.9 Å². The first-order chi connectivity index (χ1) is 38.5. The topological polar surface area (TPSA) is 78.9 Å². The quantitative estimate of drug-likeness (QED) is 0.0261. The van der Waals surface area contributed by atoms with Crippen molar-refractivity contribution in [1.29, 1.82) is 0 Å². The number of carbonyl (C=O) groups excluding carboxylic acids is 3. The lowest BCUT2D eigenvalue weighted by Crippen LogP contribution is -2.30. The van der Waals surface area contributed by atoms with Gasteiger partial charge < -0.3 is 14.2 Å². The van der Waals surface area contributed by atoms with E-state index < -0.39 is 6.10 Å². The minimum Gasteiger partial charge on any atom is -0.462 e.